The van der Waals surface area contributed by atoms with Crippen LogP contribution >= 0.6 is 0 Å². The lowest BCUT2D eigenvalue weighted by molar-refractivity contribution is 0.0940. The van der Waals surface area contributed by atoms with Crippen molar-refractivity contribution < 1.29 is 13.2 Å². The van der Waals surface area contributed by atoms with Crippen LogP contribution in [0.25, 0.3) is 0 Å². The highest BCUT2D eigenvalue weighted by atomic mass is 32.2. The molecule has 0 unspecified atom stereocenters. The predicted molar refractivity (Wildman–Crippen MR) is 80.1 cm³/mol. The molecule has 0 aliphatic carbocycles. The lowest BCUT2D eigenvalue weighted by Gasteiger charge is -2.14. The number of benzene rings is 2. The Morgan fingerprint density at radius 2 is 1.62 bits per heavy atom. The normalized spacial score (nSPS) is 12.7. The van der Waals surface area contributed by atoms with Crippen LogP contribution < -0.4 is 10.5 Å². The van der Waals surface area contributed by atoms with Gasteiger partial charge in [0.1, 0.15) is 0 Å². The first-order valence-electron chi connectivity index (χ1n) is 6.36. The Morgan fingerprint density at radius 3 is 2.14 bits per heavy atom. The molecule has 0 aliphatic heterocycles. The van der Waals surface area contributed by atoms with E-state index in [0.29, 0.717) is 5.56 Å². The monoisotopic (exact) mass is 304 g/mol. The topological polar surface area (TPSA) is 89.3 Å². The van der Waals surface area contributed by atoms with Gasteiger partial charge in [-0.25, -0.2) is 13.6 Å². The molecule has 0 aliphatic rings. The number of sulfonamides is 1. The van der Waals surface area contributed by atoms with E-state index in [-0.39, 0.29) is 16.8 Å². The highest BCUT2D eigenvalue weighted by Gasteiger charge is 2.13. The van der Waals surface area contributed by atoms with Gasteiger partial charge in [-0.3, -0.25) is 4.79 Å². The summed E-state index contributed by atoms with van der Waals surface area (Å²) < 4.78 is 22.3. The molecule has 1 atom stereocenters. The second-order valence-corrected chi connectivity index (χ2v) is 6.24. The first-order valence-corrected chi connectivity index (χ1v) is 7.91. The molecule has 0 aromatic heterocycles. The summed E-state index contributed by atoms with van der Waals surface area (Å²) >= 11 is 0. The predicted octanol–water partition coefficient (Wildman–Crippen LogP) is 1.83. The van der Waals surface area contributed by atoms with Gasteiger partial charge in [-0.15, -0.1) is 0 Å². The van der Waals surface area contributed by atoms with Crippen LogP contribution in [0.3, 0.4) is 0 Å². The zero-order chi connectivity index (χ0) is 15.5. The summed E-state index contributed by atoms with van der Waals surface area (Å²) in [5, 5.41) is 7.86. The third-order valence-electron chi connectivity index (χ3n) is 3.09. The van der Waals surface area contributed by atoms with Gasteiger partial charge in [0.15, 0.2) is 0 Å². The highest BCUT2D eigenvalue weighted by molar-refractivity contribution is 7.89. The molecule has 0 saturated heterocycles. The molecule has 21 heavy (non-hydrogen) atoms. The standard InChI is InChI=1S/C15H16N2O3S/c1-11(12-5-3-2-4-6-12)17-15(18)13-7-9-14(10-8-13)21(16,19)20/h2-11H,1H3,(H,17,18)(H2,16,19,20)/t11-/m1/s1. The first-order chi connectivity index (χ1) is 9.88. The minimum atomic E-state index is -3.74. The largest absolute Gasteiger partial charge is 0.346 e. The molecular weight excluding hydrogens is 288 g/mol. The zero-order valence-electron chi connectivity index (χ0n) is 11.5. The Morgan fingerprint density at radius 1 is 1.05 bits per heavy atom. The van der Waals surface area contributed by atoms with Crippen molar-refractivity contribution in [1.82, 2.24) is 5.32 Å². The number of primary sulfonamides is 1. The van der Waals surface area contributed by atoms with E-state index >= 15 is 0 Å². The van der Waals surface area contributed by atoms with Crippen molar-refractivity contribution in [3.8, 4) is 0 Å². The molecule has 5 nitrogen and oxygen atoms in total. The van der Waals surface area contributed by atoms with E-state index in [1.54, 1.807) is 0 Å². The van der Waals surface area contributed by atoms with E-state index in [2.05, 4.69) is 5.32 Å². The first kappa shape index (κ1) is 15.2. The molecule has 0 bridgehead atoms. The lowest BCUT2D eigenvalue weighted by Crippen LogP contribution is -2.26. The van der Waals surface area contributed by atoms with E-state index in [1.165, 1.54) is 24.3 Å². The minimum absolute atomic E-state index is 0.0184. The fraction of sp³-hybridized carbons (Fsp3) is 0.133. The number of carbonyl (C=O) groups excluding carboxylic acids is 1. The average Bonchev–Trinajstić information content (AvgIpc) is 2.47. The van der Waals surface area contributed by atoms with Crippen molar-refractivity contribution in [3.05, 3.63) is 65.7 Å². The van der Waals surface area contributed by atoms with Crippen LogP contribution in [0.15, 0.2) is 59.5 Å². The van der Waals surface area contributed by atoms with Crippen molar-refractivity contribution in [3.63, 3.8) is 0 Å². The summed E-state index contributed by atoms with van der Waals surface area (Å²) in [6.45, 7) is 1.88. The number of carbonyl (C=O) groups is 1. The van der Waals surface area contributed by atoms with E-state index in [4.69, 9.17) is 5.14 Å². The fourth-order valence-corrected chi connectivity index (χ4v) is 2.42. The highest BCUT2D eigenvalue weighted by Crippen LogP contribution is 2.13. The van der Waals surface area contributed by atoms with Gasteiger partial charge in [0.2, 0.25) is 10.0 Å². The fourth-order valence-electron chi connectivity index (χ4n) is 1.90. The van der Waals surface area contributed by atoms with Crippen molar-refractivity contribution >= 4 is 15.9 Å². The Bertz CT molecular complexity index is 725. The van der Waals surface area contributed by atoms with E-state index in [0.717, 1.165) is 5.56 Å². The molecule has 110 valence electrons. The maximum absolute atomic E-state index is 12.1. The molecule has 0 spiro atoms. The SMILES string of the molecule is C[C@@H](NC(=O)c1ccc(S(N)(=O)=O)cc1)c1ccccc1. The molecule has 0 fully saturated rings. The van der Waals surface area contributed by atoms with Gasteiger partial charge in [0, 0.05) is 5.56 Å². The Labute approximate surface area is 123 Å². The second kappa shape index (κ2) is 6.07. The number of nitrogens with two attached hydrogens (primary N) is 1. The summed E-state index contributed by atoms with van der Waals surface area (Å²) in [7, 11) is -3.74. The maximum Gasteiger partial charge on any atom is 0.251 e. The smallest absolute Gasteiger partial charge is 0.251 e. The van der Waals surface area contributed by atoms with Crippen LogP contribution in [-0.2, 0) is 10.0 Å². The summed E-state index contributed by atoms with van der Waals surface area (Å²) in [6, 6.07) is 14.9. The number of rotatable bonds is 4. The number of hydrogen-bond acceptors (Lipinski definition) is 3. The van der Waals surface area contributed by atoms with Gasteiger partial charge < -0.3 is 5.32 Å². The van der Waals surface area contributed by atoms with Gasteiger partial charge in [0.05, 0.1) is 10.9 Å². The van der Waals surface area contributed by atoms with Crippen LogP contribution in [0.4, 0.5) is 0 Å². The third kappa shape index (κ3) is 3.90. The van der Waals surface area contributed by atoms with Crippen LogP contribution in [0.2, 0.25) is 0 Å². The van der Waals surface area contributed by atoms with Crippen LogP contribution in [0.1, 0.15) is 28.9 Å². The van der Waals surface area contributed by atoms with Gasteiger partial charge in [-0.1, -0.05) is 30.3 Å². The number of amides is 1. The quantitative estimate of drug-likeness (QED) is 0.903. The summed E-state index contributed by atoms with van der Waals surface area (Å²) in [5.74, 6) is -0.271. The summed E-state index contributed by atoms with van der Waals surface area (Å²) in [6.07, 6.45) is 0. The van der Waals surface area contributed by atoms with Crippen LogP contribution in [0.5, 0.6) is 0 Å². The number of nitrogens with one attached hydrogen (secondary N) is 1. The van der Waals surface area contributed by atoms with E-state index < -0.39 is 10.0 Å². The molecule has 2 rings (SSSR count). The molecule has 1 amide bonds. The summed E-state index contributed by atoms with van der Waals surface area (Å²) in [4.78, 5) is 12.1. The molecule has 3 N–H and O–H groups in total. The van der Waals surface area contributed by atoms with Gasteiger partial charge in [0.25, 0.3) is 5.91 Å². The molecule has 0 saturated carbocycles. The van der Waals surface area contributed by atoms with Crippen molar-refractivity contribution in [1.29, 1.82) is 0 Å². The lowest BCUT2D eigenvalue weighted by atomic mass is 10.1. The van der Waals surface area contributed by atoms with E-state index in [9.17, 15) is 13.2 Å². The van der Waals surface area contributed by atoms with Gasteiger partial charge >= 0.3 is 0 Å². The molecule has 2 aromatic rings. The second-order valence-electron chi connectivity index (χ2n) is 4.68. The molecular formula is C15H16N2O3S. The molecule has 0 heterocycles. The van der Waals surface area contributed by atoms with Crippen molar-refractivity contribution in [2.45, 2.75) is 17.9 Å². The minimum Gasteiger partial charge on any atom is -0.346 e. The van der Waals surface area contributed by atoms with Crippen molar-refractivity contribution in [2.75, 3.05) is 0 Å². The number of hydrogen-bond donors (Lipinski definition) is 2. The molecule has 0 radical (unpaired) electrons. The molecule has 6 heteroatoms. The van der Waals surface area contributed by atoms with Crippen LogP contribution in [0, 0.1) is 0 Å². The zero-order valence-corrected chi connectivity index (χ0v) is 12.3. The van der Waals surface area contributed by atoms with Gasteiger partial charge in [-0.05, 0) is 36.8 Å². The van der Waals surface area contributed by atoms with Crippen LogP contribution in [-0.4, -0.2) is 14.3 Å². The Kier molecular flexibility index (Phi) is 4.40. The Balaban J connectivity index is 2.11. The maximum atomic E-state index is 12.1. The Hall–Kier alpha value is -2.18. The average molecular weight is 304 g/mol. The van der Waals surface area contributed by atoms with Gasteiger partial charge in [-0.2, -0.15) is 0 Å². The summed E-state index contributed by atoms with van der Waals surface area (Å²) in [5.41, 5.74) is 1.37. The third-order valence-corrected chi connectivity index (χ3v) is 4.02. The van der Waals surface area contributed by atoms with Crippen molar-refractivity contribution in [2.24, 2.45) is 5.14 Å². The van der Waals surface area contributed by atoms with E-state index in [1.807, 2.05) is 37.3 Å². The molecule has 2 aromatic carbocycles.